The summed E-state index contributed by atoms with van der Waals surface area (Å²) in [6, 6.07) is 19.6. The van der Waals surface area contributed by atoms with E-state index in [4.69, 9.17) is 31.5 Å². The Balaban J connectivity index is 1.63. The molecule has 186 valence electrons. The Bertz CT molecular complexity index is 1250. The first-order valence-corrected chi connectivity index (χ1v) is 11.6. The van der Waals surface area contributed by atoms with E-state index in [0.29, 0.717) is 41.1 Å². The maximum Gasteiger partial charge on any atom is 0.166 e. The number of nitrogen functional groups attached to an aromatic ring is 1. The van der Waals surface area contributed by atoms with E-state index in [0.717, 1.165) is 28.4 Å². The van der Waals surface area contributed by atoms with E-state index in [2.05, 4.69) is 20.2 Å². The third kappa shape index (κ3) is 5.90. The van der Waals surface area contributed by atoms with Crippen molar-refractivity contribution in [3.05, 3.63) is 89.2 Å². The molecule has 0 saturated heterocycles. The molecule has 0 unspecified atom stereocenters. The van der Waals surface area contributed by atoms with Crippen molar-refractivity contribution >= 4 is 28.9 Å². The van der Waals surface area contributed by atoms with Crippen molar-refractivity contribution in [2.45, 2.75) is 13.1 Å². The first-order valence-electron chi connectivity index (χ1n) is 11.3. The van der Waals surface area contributed by atoms with Crippen LogP contribution in [0.1, 0.15) is 11.1 Å². The molecule has 0 aliphatic carbocycles. The van der Waals surface area contributed by atoms with Crippen LogP contribution in [0.3, 0.4) is 0 Å². The van der Waals surface area contributed by atoms with Gasteiger partial charge in [-0.25, -0.2) is 9.97 Å². The zero-order chi connectivity index (χ0) is 25.5. The molecule has 36 heavy (non-hydrogen) atoms. The van der Waals surface area contributed by atoms with Gasteiger partial charge in [0.05, 0.1) is 26.1 Å². The number of hydrogen-bond donors (Lipinski definition) is 2. The minimum Gasteiger partial charge on any atom is -0.497 e. The van der Waals surface area contributed by atoms with Gasteiger partial charge >= 0.3 is 0 Å². The standard InChI is InChI=1S/C27H28ClN5O3/c1-30-26-25(28)23(15-32-27(26)29)36-22-12-13-31-24(14-22)33(16-18-4-8-20(34-2)9-5-18)17-19-6-10-21(35-3)11-7-19/h4-15,30H,16-17H2,1-3H3,(H2,29,32). The number of nitrogens with two attached hydrogens (primary N) is 1. The Labute approximate surface area is 215 Å². The summed E-state index contributed by atoms with van der Waals surface area (Å²) in [5.74, 6) is 3.63. The Kier molecular flexibility index (Phi) is 7.97. The average molecular weight is 506 g/mol. The van der Waals surface area contributed by atoms with Crippen LogP contribution in [0.25, 0.3) is 0 Å². The van der Waals surface area contributed by atoms with Crippen molar-refractivity contribution in [3.63, 3.8) is 0 Å². The van der Waals surface area contributed by atoms with Crippen LogP contribution in [-0.4, -0.2) is 31.2 Å². The van der Waals surface area contributed by atoms with Crippen molar-refractivity contribution in [1.29, 1.82) is 0 Å². The number of rotatable bonds is 10. The van der Waals surface area contributed by atoms with Gasteiger partial charge in [0, 0.05) is 32.4 Å². The lowest BCUT2D eigenvalue weighted by molar-refractivity contribution is 0.414. The van der Waals surface area contributed by atoms with Crippen LogP contribution in [0.4, 0.5) is 17.3 Å². The number of benzene rings is 2. The molecule has 0 radical (unpaired) electrons. The molecule has 0 fully saturated rings. The summed E-state index contributed by atoms with van der Waals surface area (Å²) >= 11 is 6.48. The lowest BCUT2D eigenvalue weighted by atomic mass is 10.1. The number of anilines is 3. The quantitative estimate of drug-likeness (QED) is 0.280. The zero-order valence-corrected chi connectivity index (χ0v) is 21.1. The van der Waals surface area contributed by atoms with Gasteiger partial charge in [-0.1, -0.05) is 35.9 Å². The summed E-state index contributed by atoms with van der Waals surface area (Å²) in [5, 5.41) is 3.31. The average Bonchev–Trinajstić information content (AvgIpc) is 2.91. The molecule has 0 spiro atoms. The molecule has 2 aromatic carbocycles. The molecule has 4 rings (SSSR count). The lowest BCUT2D eigenvalue weighted by Gasteiger charge is -2.25. The summed E-state index contributed by atoms with van der Waals surface area (Å²) in [4.78, 5) is 11.0. The molecule has 0 aliphatic rings. The Hall–Kier alpha value is -4.17. The fourth-order valence-electron chi connectivity index (χ4n) is 3.68. The van der Waals surface area contributed by atoms with Crippen molar-refractivity contribution in [1.82, 2.24) is 9.97 Å². The monoisotopic (exact) mass is 505 g/mol. The van der Waals surface area contributed by atoms with Gasteiger partial charge in [-0.2, -0.15) is 0 Å². The predicted molar refractivity (Wildman–Crippen MR) is 143 cm³/mol. The van der Waals surface area contributed by atoms with Crippen molar-refractivity contribution in [2.24, 2.45) is 0 Å². The number of pyridine rings is 2. The van der Waals surface area contributed by atoms with Gasteiger partial charge in [0.15, 0.2) is 5.75 Å². The summed E-state index contributed by atoms with van der Waals surface area (Å²) in [6.07, 6.45) is 3.21. The highest BCUT2D eigenvalue weighted by Crippen LogP contribution is 2.37. The molecule has 2 aromatic heterocycles. The van der Waals surface area contributed by atoms with Crippen LogP contribution in [-0.2, 0) is 13.1 Å². The van der Waals surface area contributed by atoms with E-state index in [1.165, 1.54) is 6.20 Å². The molecule has 0 atom stereocenters. The van der Waals surface area contributed by atoms with Gasteiger partial charge in [-0.05, 0) is 41.5 Å². The SMILES string of the molecule is CNc1c(N)ncc(Oc2ccnc(N(Cc3ccc(OC)cc3)Cc3ccc(OC)cc3)c2)c1Cl. The van der Waals surface area contributed by atoms with Gasteiger partial charge < -0.3 is 30.2 Å². The number of nitrogens with zero attached hydrogens (tertiary/aromatic N) is 3. The van der Waals surface area contributed by atoms with Crippen LogP contribution in [0.2, 0.25) is 5.02 Å². The maximum absolute atomic E-state index is 6.48. The third-order valence-electron chi connectivity index (χ3n) is 5.60. The summed E-state index contributed by atoms with van der Waals surface area (Å²) < 4.78 is 16.7. The van der Waals surface area contributed by atoms with Gasteiger partial charge in [0.25, 0.3) is 0 Å². The van der Waals surface area contributed by atoms with Gasteiger partial charge in [-0.15, -0.1) is 0 Å². The van der Waals surface area contributed by atoms with E-state index in [1.807, 2.05) is 54.6 Å². The highest BCUT2D eigenvalue weighted by Gasteiger charge is 2.15. The van der Waals surface area contributed by atoms with Crippen molar-refractivity contribution in [2.75, 3.05) is 37.2 Å². The summed E-state index contributed by atoms with van der Waals surface area (Å²) in [5.41, 5.74) is 8.64. The molecule has 2 heterocycles. The van der Waals surface area contributed by atoms with E-state index in [9.17, 15) is 0 Å². The number of nitrogens with one attached hydrogen (secondary N) is 1. The van der Waals surface area contributed by atoms with Gasteiger partial charge in [0.1, 0.15) is 33.9 Å². The lowest BCUT2D eigenvalue weighted by Crippen LogP contribution is -2.23. The molecule has 9 heteroatoms. The molecule has 4 aromatic rings. The van der Waals surface area contributed by atoms with Crippen molar-refractivity contribution < 1.29 is 14.2 Å². The van der Waals surface area contributed by atoms with Gasteiger partial charge in [-0.3, -0.25) is 0 Å². The van der Waals surface area contributed by atoms with Crippen LogP contribution in [0, 0.1) is 0 Å². The topological polar surface area (TPSA) is 94.8 Å². The van der Waals surface area contributed by atoms with E-state index in [1.54, 1.807) is 33.5 Å². The molecule has 3 N–H and O–H groups in total. The molecule has 8 nitrogen and oxygen atoms in total. The van der Waals surface area contributed by atoms with Crippen molar-refractivity contribution in [3.8, 4) is 23.0 Å². The molecule has 0 aliphatic heterocycles. The van der Waals surface area contributed by atoms with E-state index >= 15 is 0 Å². The Morgan fingerprint density at radius 1 is 0.861 bits per heavy atom. The predicted octanol–water partition coefficient (Wildman–Crippen LogP) is 5.77. The second-order valence-corrected chi connectivity index (χ2v) is 8.33. The normalized spacial score (nSPS) is 10.6. The second kappa shape index (κ2) is 11.5. The highest BCUT2D eigenvalue weighted by atomic mass is 35.5. The summed E-state index contributed by atoms with van der Waals surface area (Å²) in [7, 11) is 5.04. The van der Waals surface area contributed by atoms with Gasteiger partial charge in [0.2, 0.25) is 0 Å². The Morgan fingerprint density at radius 3 is 1.97 bits per heavy atom. The van der Waals surface area contributed by atoms with Crippen LogP contribution < -0.4 is 30.2 Å². The molecule has 0 bridgehead atoms. The highest BCUT2D eigenvalue weighted by molar-refractivity contribution is 6.35. The molecular weight excluding hydrogens is 478 g/mol. The minimum atomic E-state index is 0.301. The first kappa shape index (κ1) is 24.9. The van der Waals surface area contributed by atoms with Crippen LogP contribution in [0.5, 0.6) is 23.0 Å². The molecule has 0 saturated carbocycles. The fraction of sp³-hybridized carbons (Fsp3) is 0.185. The van der Waals surface area contributed by atoms with Crippen LogP contribution in [0.15, 0.2) is 73.1 Å². The number of halogens is 1. The second-order valence-electron chi connectivity index (χ2n) is 7.95. The molecular formula is C27H28ClN5O3. The maximum atomic E-state index is 6.48. The largest absolute Gasteiger partial charge is 0.497 e. The number of ether oxygens (including phenoxy) is 3. The zero-order valence-electron chi connectivity index (χ0n) is 20.4. The number of aromatic nitrogens is 2. The molecule has 0 amide bonds. The summed E-state index contributed by atoms with van der Waals surface area (Å²) in [6.45, 7) is 1.25. The number of hydrogen-bond acceptors (Lipinski definition) is 8. The Morgan fingerprint density at radius 2 is 1.44 bits per heavy atom. The van der Waals surface area contributed by atoms with E-state index < -0.39 is 0 Å². The third-order valence-corrected chi connectivity index (χ3v) is 5.97. The van der Waals surface area contributed by atoms with E-state index in [-0.39, 0.29) is 0 Å². The minimum absolute atomic E-state index is 0.301. The smallest absolute Gasteiger partial charge is 0.166 e. The fourth-order valence-corrected chi connectivity index (χ4v) is 3.96. The first-order chi connectivity index (χ1) is 17.5. The van der Waals surface area contributed by atoms with Crippen LogP contribution >= 0.6 is 11.6 Å². The number of methoxy groups -OCH3 is 2.